The first-order valence-electron chi connectivity index (χ1n) is 11.1. The zero-order valence-electron chi connectivity index (χ0n) is 20.7. The van der Waals surface area contributed by atoms with E-state index in [2.05, 4.69) is 5.32 Å². The minimum atomic E-state index is -4.18. The molecule has 0 saturated carbocycles. The molecule has 3 aromatic carbocycles. The van der Waals surface area contributed by atoms with Crippen molar-refractivity contribution in [2.45, 2.75) is 18.4 Å². The van der Waals surface area contributed by atoms with Gasteiger partial charge in [0.25, 0.3) is 0 Å². The summed E-state index contributed by atoms with van der Waals surface area (Å²) in [5.74, 6) is -2.24. The number of methoxy groups -OCH3 is 2. The van der Waals surface area contributed by atoms with Gasteiger partial charge in [-0.05, 0) is 49.4 Å². The third-order valence-corrected chi connectivity index (χ3v) is 7.95. The Hall–Kier alpha value is -3.44. The predicted molar refractivity (Wildman–Crippen MR) is 143 cm³/mol. The van der Waals surface area contributed by atoms with Crippen LogP contribution in [-0.4, -0.2) is 51.3 Å². The number of hydrogen-bond acceptors (Lipinski definition) is 7. The van der Waals surface area contributed by atoms with E-state index in [1.54, 1.807) is 30.3 Å². The molecular formula is C26H24Cl2N2O7S. The van der Waals surface area contributed by atoms with Gasteiger partial charge in [0.15, 0.2) is 0 Å². The third-order valence-electron chi connectivity index (χ3n) is 5.43. The first-order valence-corrected chi connectivity index (χ1v) is 13.3. The predicted octanol–water partition coefficient (Wildman–Crippen LogP) is 4.70. The van der Waals surface area contributed by atoms with Gasteiger partial charge in [0.1, 0.15) is 0 Å². The number of ether oxygens (including phenoxy) is 2. The van der Waals surface area contributed by atoms with E-state index in [4.69, 9.17) is 32.7 Å². The molecule has 0 unspecified atom stereocenters. The topological polar surface area (TPSA) is 119 Å². The van der Waals surface area contributed by atoms with Gasteiger partial charge in [-0.15, -0.1) is 0 Å². The number of rotatable bonds is 9. The number of nitrogens with one attached hydrogen (secondary N) is 1. The fraction of sp³-hybridized carbons (Fsp3) is 0.192. The largest absolute Gasteiger partial charge is 0.465 e. The molecule has 1 amide bonds. The summed E-state index contributed by atoms with van der Waals surface area (Å²) in [4.78, 5) is 37.2. The molecule has 0 saturated heterocycles. The van der Waals surface area contributed by atoms with E-state index in [1.165, 1.54) is 44.6 Å². The number of hydrogen-bond donors (Lipinski definition) is 1. The van der Waals surface area contributed by atoms with Gasteiger partial charge >= 0.3 is 11.9 Å². The van der Waals surface area contributed by atoms with Crippen LogP contribution in [-0.2, 0) is 30.8 Å². The van der Waals surface area contributed by atoms with Crippen molar-refractivity contribution in [1.29, 1.82) is 0 Å². The van der Waals surface area contributed by atoms with Crippen LogP contribution in [0.3, 0.4) is 0 Å². The van der Waals surface area contributed by atoms with Crippen LogP contribution >= 0.6 is 23.2 Å². The molecule has 0 heterocycles. The van der Waals surface area contributed by atoms with Gasteiger partial charge in [0.2, 0.25) is 15.9 Å². The second-order valence-electron chi connectivity index (χ2n) is 8.12. The highest BCUT2D eigenvalue weighted by Crippen LogP contribution is 2.28. The number of carbonyl (C=O) groups excluding carboxylic acids is 3. The van der Waals surface area contributed by atoms with E-state index in [0.717, 1.165) is 9.87 Å². The number of carbonyl (C=O) groups is 3. The fourth-order valence-electron chi connectivity index (χ4n) is 3.48. The number of amides is 1. The zero-order chi connectivity index (χ0) is 28.0. The monoisotopic (exact) mass is 578 g/mol. The molecule has 0 atom stereocenters. The van der Waals surface area contributed by atoms with E-state index >= 15 is 0 Å². The highest BCUT2D eigenvalue weighted by atomic mass is 35.5. The Morgan fingerprint density at radius 3 is 1.89 bits per heavy atom. The standard InChI is InChI=1S/C26H24Cl2N2O7S/c1-16-7-9-20(10-8-16)38(34,35)30(14-21-22(27)5-4-6-23(21)28)15-24(31)29-19-12-17(25(32)36-2)11-18(13-19)26(33)37-3/h4-13H,14-15H2,1-3H3,(H,29,31). The lowest BCUT2D eigenvalue weighted by Crippen LogP contribution is -2.37. The number of halogens is 2. The van der Waals surface area contributed by atoms with Crippen LogP contribution in [0.5, 0.6) is 0 Å². The van der Waals surface area contributed by atoms with Crippen molar-refractivity contribution in [1.82, 2.24) is 4.31 Å². The lowest BCUT2D eigenvalue weighted by Gasteiger charge is -2.23. The third kappa shape index (κ3) is 6.90. The first kappa shape index (κ1) is 29.1. The second-order valence-corrected chi connectivity index (χ2v) is 10.9. The van der Waals surface area contributed by atoms with Gasteiger partial charge in [-0.1, -0.05) is 47.0 Å². The van der Waals surface area contributed by atoms with Crippen molar-refractivity contribution >= 4 is 56.8 Å². The SMILES string of the molecule is COC(=O)c1cc(NC(=O)CN(Cc2c(Cl)cccc2Cl)S(=O)(=O)c2ccc(C)cc2)cc(C(=O)OC)c1. The summed E-state index contributed by atoms with van der Waals surface area (Å²) in [6.45, 7) is 0.891. The normalized spacial score (nSPS) is 11.2. The summed E-state index contributed by atoms with van der Waals surface area (Å²) in [7, 11) is -1.85. The van der Waals surface area contributed by atoms with Crippen LogP contribution in [0.1, 0.15) is 31.8 Å². The molecule has 0 aliphatic heterocycles. The molecule has 0 spiro atoms. The molecular weight excluding hydrogens is 555 g/mol. The van der Waals surface area contributed by atoms with Gasteiger partial charge in [0.05, 0.1) is 36.8 Å². The molecule has 12 heteroatoms. The Kier molecular flexibility index (Phi) is 9.50. The Morgan fingerprint density at radius 2 is 1.39 bits per heavy atom. The molecule has 0 fully saturated rings. The molecule has 0 bridgehead atoms. The van der Waals surface area contributed by atoms with E-state index < -0.39 is 34.4 Å². The molecule has 9 nitrogen and oxygen atoms in total. The van der Waals surface area contributed by atoms with Gasteiger partial charge < -0.3 is 14.8 Å². The summed E-state index contributed by atoms with van der Waals surface area (Å²) in [6.07, 6.45) is 0. The molecule has 3 aromatic rings. The van der Waals surface area contributed by atoms with Crippen LogP contribution in [0, 0.1) is 6.92 Å². The van der Waals surface area contributed by atoms with Crippen molar-refractivity contribution in [3.63, 3.8) is 0 Å². The molecule has 3 rings (SSSR count). The van der Waals surface area contributed by atoms with Crippen LogP contribution in [0.2, 0.25) is 10.0 Å². The van der Waals surface area contributed by atoms with Crippen LogP contribution < -0.4 is 5.32 Å². The van der Waals surface area contributed by atoms with Gasteiger partial charge in [-0.25, -0.2) is 18.0 Å². The number of benzene rings is 3. The van der Waals surface area contributed by atoms with Gasteiger partial charge in [0, 0.05) is 27.8 Å². The van der Waals surface area contributed by atoms with Crippen molar-refractivity contribution < 1.29 is 32.3 Å². The molecule has 0 aromatic heterocycles. The minimum absolute atomic E-state index is 0.0160. The number of aryl methyl sites for hydroxylation is 1. The van der Waals surface area contributed by atoms with E-state index in [0.29, 0.717) is 5.56 Å². The smallest absolute Gasteiger partial charge is 0.337 e. The second kappa shape index (κ2) is 12.4. The maximum absolute atomic E-state index is 13.6. The Balaban J connectivity index is 1.97. The Bertz CT molecular complexity index is 1420. The maximum Gasteiger partial charge on any atom is 0.337 e. The minimum Gasteiger partial charge on any atom is -0.465 e. The van der Waals surface area contributed by atoms with Crippen LogP contribution in [0.15, 0.2) is 65.6 Å². The van der Waals surface area contributed by atoms with Crippen LogP contribution in [0.25, 0.3) is 0 Å². The maximum atomic E-state index is 13.6. The number of sulfonamides is 1. The zero-order valence-corrected chi connectivity index (χ0v) is 23.0. The van der Waals surface area contributed by atoms with E-state index in [9.17, 15) is 22.8 Å². The molecule has 1 N–H and O–H groups in total. The molecule has 0 radical (unpaired) electrons. The molecule has 38 heavy (non-hydrogen) atoms. The van der Waals surface area contributed by atoms with Gasteiger partial charge in [-0.3, -0.25) is 4.79 Å². The molecule has 200 valence electrons. The molecule has 0 aliphatic rings. The van der Waals surface area contributed by atoms with Crippen molar-refractivity contribution in [3.8, 4) is 0 Å². The van der Waals surface area contributed by atoms with E-state index in [-0.39, 0.29) is 38.3 Å². The average Bonchev–Trinajstić information content (AvgIpc) is 2.89. The quantitative estimate of drug-likeness (QED) is 0.365. The Labute approximate surface area is 230 Å². The summed E-state index contributed by atoms with van der Waals surface area (Å²) in [5, 5.41) is 3.00. The molecule has 0 aliphatic carbocycles. The summed E-state index contributed by atoms with van der Waals surface area (Å²) >= 11 is 12.6. The van der Waals surface area contributed by atoms with Crippen LogP contribution in [0.4, 0.5) is 5.69 Å². The number of anilines is 1. The van der Waals surface area contributed by atoms with Crippen molar-refractivity contribution in [2.24, 2.45) is 0 Å². The first-order chi connectivity index (χ1) is 18.0. The fourth-order valence-corrected chi connectivity index (χ4v) is 5.36. The van der Waals surface area contributed by atoms with Gasteiger partial charge in [-0.2, -0.15) is 4.31 Å². The van der Waals surface area contributed by atoms with Crippen molar-refractivity contribution in [3.05, 3.63) is 93.0 Å². The average molecular weight is 579 g/mol. The lowest BCUT2D eigenvalue weighted by molar-refractivity contribution is -0.116. The summed E-state index contributed by atoms with van der Waals surface area (Å²) in [6, 6.07) is 14.7. The van der Waals surface area contributed by atoms with Crippen molar-refractivity contribution in [2.75, 3.05) is 26.1 Å². The summed E-state index contributed by atoms with van der Waals surface area (Å²) in [5.41, 5.74) is 1.20. The van der Waals surface area contributed by atoms with E-state index in [1.807, 2.05) is 6.92 Å². The number of esters is 2. The number of nitrogens with zero attached hydrogens (tertiary/aromatic N) is 1. The highest BCUT2D eigenvalue weighted by molar-refractivity contribution is 7.89. The summed E-state index contributed by atoms with van der Waals surface area (Å²) < 4.78 is 37.5. The lowest BCUT2D eigenvalue weighted by atomic mass is 10.1. The Morgan fingerprint density at radius 1 is 0.868 bits per heavy atom. The highest BCUT2D eigenvalue weighted by Gasteiger charge is 2.28.